The van der Waals surface area contributed by atoms with Gasteiger partial charge < -0.3 is 28.3 Å². The summed E-state index contributed by atoms with van der Waals surface area (Å²) in [5.41, 5.74) is 0. The van der Waals surface area contributed by atoms with E-state index in [2.05, 4.69) is 68.5 Å². The van der Waals surface area contributed by atoms with E-state index in [1.807, 2.05) is 17.8 Å². The van der Waals surface area contributed by atoms with Crippen LogP contribution in [-0.4, -0.2) is 31.3 Å². The predicted molar refractivity (Wildman–Crippen MR) is 95.6 cm³/mol. The molecule has 8 nitrogen and oxygen atoms in total. The van der Waals surface area contributed by atoms with E-state index in [1.54, 1.807) is 6.92 Å². The van der Waals surface area contributed by atoms with Crippen molar-refractivity contribution in [2.75, 3.05) is 13.2 Å². The van der Waals surface area contributed by atoms with Gasteiger partial charge in [0.15, 0.2) is 6.10 Å². The average Bonchev–Trinajstić information content (AvgIpc) is 2.65. The first kappa shape index (κ1) is 33.6. The molecule has 0 rings (SSSR count). The molecule has 0 aliphatic heterocycles. The molecule has 0 aliphatic carbocycles. The molecule has 11 heteroatoms. The molecule has 0 aliphatic rings. The maximum atomic E-state index is 11.6. The quantitative estimate of drug-likeness (QED) is 0.127. The summed E-state index contributed by atoms with van der Waals surface area (Å²) in [4.78, 5) is 44.1. The van der Waals surface area contributed by atoms with Crippen molar-refractivity contribution in [2.45, 2.75) is 13.0 Å². The average molecular weight is 454 g/mol. The van der Waals surface area contributed by atoms with Crippen LogP contribution in [0.25, 0.3) is 0 Å². The van der Waals surface area contributed by atoms with Crippen LogP contribution in [0.5, 0.6) is 0 Å². The first-order valence-corrected chi connectivity index (χ1v) is 8.68. The van der Waals surface area contributed by atoms with Gasteiger partial charge in [-0.1, -0.05) is 5.92 Å². The van der Waals surface area contributed by atoms with Crippen LogP contribution in [0.4, 0.5) is 0 Å². The molecule has 0 N–H and O–H groups in total. The van der Waals surface area contributed by atoms with Crippen LogP contribution < -0.4 is 68.9 Å². The number of phosphoric ester groups is 1. The summed E-state index contributed by atoms with van der Waals surface area (Å²) < 4.78 is 24.0. The monoisotopic (exact) mass is 454 g/mol. The smallest absolute Gasteiger partial charge is 0.790 e. The third kappa shape index (κ3) is 24.1. The number of terminal acetylenes is 1. The Bertz CT molecular complexity index is 1090. The fraction of sp³-hybridized carbons (Fsp3) is 0.200. The number of hydrogen-bond acceptors (Lipinski definition) is 8. The maximum absolute atomic E-state index is 11.6. The van der Waals surface area contributed by atoms with Crippen LogP contribution >= 0.6 is 7.82 Å². The fourth-order valence-electron chi connectivity index (χ4n) is 1.10. The molecular formula is C20H9Na2O8P. The van der Waals surface area contributed by atoms with Gasteiger partial charge in [0.1, 0.15) is 6.61 Å². The normalized spacial score (nSPS) is 8.32. The minimum atomic E-state index is -5.36. The molecule has 144 valence electrons. The topological polar surface area (TPSA) is 125 Å². The Kier molecular flexibility index (Phi) is 23.0. The molecule has 0 unspecified atom stereocenters. The van der Waals surface area contributed by atoms with Crippen molar-refractivity contribution in [3.8, 4) is 83.4 Å². The standard InChI is InChI=1S/C20H11O8P.2Na/c1-3-5-7-9-11-13-15-20(22)28-18(17-27-29(23,24)25)16-26-19(21)14-12-10-8-6-4-2;;/h1,18H,16-17H2,2H3,(H2,23,24,25);;/q;2*+1/p-2/t18-;;/m1../s1. The van der Waals surface area contributed by atoms with Crippen molar-refractivity contribution < 1.29 is 97.1 Å². The minimum absolute atomic E-state index is 0. The van der Waals surface area contributed by atoms with Crippen molar-refractivity contribution in [2.24, 2.45) is 0 Å². The Morgan fingerprint density at radius 1 is 0.871 bits per heavy atom. The molecule has 0 aromatic rings. The number of phosphoric acid groups is 1. The fourth-order valence-corrected chi connectivity index (χ4v) is 1.44. The number of hydrogen-bond donors (Lipinski definition) is 0. The second kappa shape index (κ2) is 21.2. The number of carbonyl (C=O) groups is 2. The third-order valence-corrected chi connectivity index (χ3v) is 2.52. The van der Waals surface area contributed by atoms with Crippen LogP contribution in [-0.2, 0) is 28.2 Å². The van der Waals surface area contributed by atoms with Gasteiger partial charge in [0, 0.05) is 11.8 Å². The summed E-state index contributed by atoms with van der Waals surface area (Å²) in [7, 11) is -5.36. The zero-order valence-corrected chi connectivity index (χ0v) is 21.7. The van der Waals surface area contributed by atoms with Crippen molar-refractivity contribution >= 4 is 19.8 Å². The SMILES string of the molecule is C#CC#CC#CC#CC(=O)O[C@H](COC(=O)C#CC#CC#CC)COP(=O)([O-])[O-].[Na+].[Na+]. The van der Waals surface area contributed by atoms with Gasteiger partial charge in [-0.3, -0.25) is 0 Å². The van der Waals surface area contributed by atoms with Crippen molar-refractivity contribution in [3.63, 3.8) is 0 Å². The van der Waals surface area contributed by atoms with E-state index in [-0.39, 0.29) is 59.1 Å². The van der Waals surface area contributed by atoms with Crippen LogP contribution in [0, 0.1) is 83.4 Å². The van der Waals surface area contributed by atoms with Crippen molar-refractivity contribution in [1.82, 2.24) is 0 Å². The molecule has 0 bridgehead atoms. The molecule has 0 aromatic heterocycles. The van der Waals surface area contributed by atoms with Crippen LogP contribution in [0.1, 0.15) is 6.92 Å². The first-order valence-electron chi connectivity index (χ1n) is 7.22. The molecule has 31 heavy (non-hydrogen) atoms. The summed E-state index contributed by atoms with van der Waals surface area (Å²) in [5.74, 6) is 26.3. The molecule has 0 fully saturated rings. The summed E-state index contributed by atoms with van der Waals surface area (Å²) >= 11 is 0. The van der Waals surface area contributed by atoms with E-state index in [0.29, 0.717) is 0 Å². The summed E-state index contributed by atoms with van der Waals surface area (Å²) in [5, 5.41) is 0. The third-order valence-electron chi connectivity index (χ3n) is 2.06. The van der Waals surface area contributed by atoms with Crippen molar-refractivity contribution in [3.05, 3.63) is 0 Å². The Labute approximate surface area is 224 Å². The Hall–Kier alpha value is -2.03. The minimum Gasteiger partial charge on any atom is -0.790 e. The van der Waals surface area contributed by atoms with Gasteiger partial charge in [-0.05, 0) is 66.1 Å². The summed E-state index contributed by atoms with van der Waals surface area (Å²) in [6, 6.07) is 0. The molecule has 0 saturated carbocycles. The van der Waals surface area contributed by atoms with Crippen LogP contribution in [0.2, 0.25) is 0 Å². The largest absolute Gasteiger partial charge is 1.00 e. The van der Waals surface area contributed by atoms with E-state index in [1.165, 1.54) is 0 Å². The summed E-state index contributed by atoms with van der Waals surface area (Å²) in [6.45, 7) is -0.000945. The summed E-state index contributed by atoms with van der Waals surface area (Å²) in [6.07, 6.45) is 3.41. The van der Waals surface area contributed by atoms with Gasteiger partial charge in [-0.25, -0.2) is 9.59 Å². The van der Waals surface area contributed by atoms with E-state index < -0.39 is 39.1 Å². The Balaban J connectivity index is -0.00000392. The van der Waals surface area contributed by atoms with Gasteiger partial charge in [-0.15, -0.1) is 6.42 Å². The van der Waals surface area contributed by atoms with E-state index >= 15 is 0 Å². The Morgan fingerprint density at radius 3 is 1.94 bits per heavy atom. The molecule has 0 aromatic carbocycles. The molecule has 0 spiro atoms. The van der Waals surface area contributed by atoms with Gasteiger partial charge in [0.05, 0.1) is 14.4 Å². The molecular weight excluding hydrogens is 445 g/mol. The first-order chi connectivity index (χ1) is 13.8. The molecule has 1 atom stereocenters. The molecule has 0 amide bonds. The second-order valence-corrected chi connectivity index (χ2v) is 5.29. The van der Waals surface area contributed by atoms with Crippen LogP contribution in [0.15, 0.2) is 0 Å². The number of rotatable bonds is 6. The van der Waals surface area contributed by atoms with Gasteiger partial charge >= 0.3 is 71.1 Å². The zero-order chi connectivity index (χ0) is 22.0. The van der Waals surface area contributed by atoms with E-state index in [9.17, 15) is 23.9 Å². The van der Waals surface area contributed by atoms with Crippen LogP contribution in [0.3, 0.4) is 0 Å². The number of ether oxygens (including phenoxy) is 2. The Morgan fingerprint density at radius 2 is 1.39 bits per heavy atom. The number of esters is 2. The molecule has 0 saturated heterocycles. The van der Waals surface area contributed by atoms with Gasteiger partial charge in [0.25, 0.3) is 0 Å². The predicted octanol–water partition coefficient (Wildman–Crippen LogP) is -8.03. The maximum Gasteiger partial charge on any atom is 1.00 e. The van der Waals surface area contributed by atoms with E-state index in [0.717, 1.165) is 0 Å². The van der Waals surface area contributed by atoms with Gasteiger partial charge in [0.2, 0.25) is 0 Å². The molecule has 0 radical (unpaired) electrons. The molecule has 0 heterocycles. The van der Waals surface area contributed by atoms with Gasteiger partial charge in [-0.2, -0.15) is 0 Å². The van der Waals surface area contributed by atoms with Crippen molar-refractivity contribution in [1.29, 1.82) is 0 Å². The second-order valence-electron chi connectivity index (χ2n) is 4.14. The number of carbonyl (C=O) groups excluding carboxylic acids is 2. The van der Waals surface area contributed by atoms with E-state index in [4.69, 9.17) is 11.2 Å². The zero-order valence-electron chi connectivity index (χ0n) is 16.8.